The number of ether oxygens (including phenoxy) is 3. The summed E-state index contributed by atoms with van der Waals surface area (Å²) >= 11 is 0. The van der Waals surface area contributed by atoms with Gasteiger partial charge in [0, 0.05) is 25.7 Å². The molecule has 7 aliphatic rings. The number of nitroso groups, excluding NO2 is 1. The van der Waals surface area contributed by atoms with E-state index in [1.54, 1.807) is 13.8 Å². The number of rotatable bonds is 5. The maximum absolute atomic E-state index is 15.8. The molecule has 2 spiro atoms. The van der Waals surface area contributed by atoms with Crippen LogP contribution in [0.2, 0.25) is 0 Å². The topological polar surface area (TPSA) is 77.4 Å². The van der Waals surface area contributed by atoms with Crippen LogP contribution in [0.25, 0.3) is 0 Å². The lowest BCUT2D eigenvalue weighted by atomic mass is 9.48. The van der Waals surface area contributed by atoms with Crippen LogP contribution < -0.4 is 0 Å². The normalized spacial score (nSPS) is 53.4. The van der Waals surface area contributed by atoms with Crippen LogP contribution in [0.4, 0.5) is 4.39 Å². The maximum atomic E-state index is 15.8. The van der Waals surface area contributed by atoms with Gasteiger partial charge in [0.15, 0.2) is 6.29 Å². The first-order valence-corrected chi connectivity index (χ1v) is 16.3. The lowest BCUT2D eigenvalue weighted by Gasteiger charge is -2.56. The smallest absolute Gasteiger partial charge is 0.250 e. The lowest BCUT2D eigenvalue weighted by molar-refractivity contribution is -0.219. The molecule has 1 saturated heterocycles. The highest BCUT2D eigenvalue weighted by molar-refractivity contribution is 5.37. The standard InChI is InChI=1S/C33H50FNO5/c1-19-22-6-7-23-25-17-27-24(8-11-31(34,40-27)18-29(3,4)36)30(25,5)13-14-33(23)20(2)32(22,33)12-9-26(19)39-28-16-21(35-37)10-15-38-28/h19-23,25-26,28,36H,6-18H2,1-5H3/t19?,20-,21+,22?,23+,25?,26+,28?,30-,31-,32?,33+/m1/s1. The van der Waals surface area contributed by atoms with Crippen LogP contribution in [0.5, 0.6) is 0 Å². The minimum Gasteiger partial charge on any atom is -0.462 e. The van der Waals surface area contributed by atoms with Crippen molar-refractivity contribution in [2.75, 3.05) is 6.61 Å². The largest absolute Gasteiger partial charge is 0.462 e. The van der Waals surface area contributed by atoms with E-state index >= 15 is 4.39 Å². The van der Waals surface area contributed by atoms with E-state index in [2.05, 4.69) is 25.9 Å². The molecule has 4 saturated carbocycles. The molecule has 2 aliphatic heterocycles. The van der Waals surface area contributed by atoms with E-state index in [0.29, 0.717) is 66.3 Å². The Morgan fingerprint density at radius 1 is 1.05 bits per heavy atom. The summed E-state index contributed by atoms with van der Waals surface area (Å²) in [6.45, 7) is 11.3. The van der Waals surface area contributed by atoms with E-state index in [1.165, 1.54) is 37.7 Å². The van der Waals surface area contributed by atoms with E-state index in [9.17, 15) is 10.0 Å². The van der Waals surface area contributed by atoms with E-state index in [-0.39, 0.29) is 30.3 Å². The van der Waals surface area contributed by atoms with Crippen molar-refractivity contribution in [3.05, 3.63) is 16.2 Å². The zero-order chi connectivity index (χ0) is 28.3. The first-order chi connectivity index (χ1) is 18.9. The number of aliphatic hydroxyl groups is 1. The van der Waals surface area contributed by atoms with Gasteiger partial charge in [0.25, 0.3) is 5.85 Å². The Morgan fingerprint density at radius 2 is 1.80 bits per heavy atom. The molecule has 40 heavy (non-hydrogen) atoms. The molecule has 1 N–H and O–H groups in total. The molecule has 224 valence electrons. The van der Waals surface area contributed by atoms with Crippen molar-refractivity contribution >= 4 is 0 Å². The van der Waals surface area contributed by atoms with Crippen molar-refractivity contribution in [1.82, 2.24) is 0 Å². The highest BCUT2D eigenvalue weighted by atomic mass is 19.2. The molecule has 0 amide bonds. The molecule has 5 unspecified atom stereocenters. The first-order valence-electron chi connectivity index (χ1n) is 16.3. The third-order valence-corrected chi connectivity index (χ3v) is 13.7. The molecule has 7 rings (SSSR count). The fourth-order valence-corrected chi connectivity index (χ4v) is 12.2. The van der Waals surface area contributed by atoms with Crippen LogP contribution in [0.3, 0.4) is 0 Å². The summed E-state index contributed by atoms with van der Waals surface area (Å²) in [7, 11) is 0. The van der Waals surface area contributed by atoms with Gasteiger partial charge in [0.1, 0.15) is 5.76 Å². The third kappa shape index (κ3) is 3.74. The van der Waals surface area contributed by atoms with Gasteiger partial charge in [-0.2, -0.15) is 9.30 Å². The molecular weight excluding hydrogens is 509 g/mol. The molecule has 6 nitrogen and oxygen atoms in total. The van der Waals surface area contributed by atoms with E-state index in [4.69, 9.17) is 14.2 Å². The quantitative estimate of drug-likeness (QED) is 0.280. The Hall–Kier alpha value is -1.05. The molecule has 2 heterocycles. The van der Waals surface area contributed by atoms with Crippen molar-refractivity contribution in [3.8, 4) is 0 Å². The first kappa shape index (κ1) is 27.8. The average molecular weight is 560 g/mol. The predicted octanol–water partition coefficient (Wildman–Crippen LogP) is 7.43. The molecule has 0 radical (unpaired) electrons. The van der Waals surface area contributed by atoms with Crippen LogP contribution in [0, 0.1) is 50.7 Å². The van der Waals surface area contributed by atoms with Gasteiger partial charge in [0.05, 0.1) is 24.4 Å². The summed E-state index contributed by atoms with van der Waals surface area (Å²) in [5.41, 5.74) is 1.20. The molecule has 0 aromatic carbocycles. The Morgan fingerprint density at radius 3 is 2.55 bits per heavy atom. The van der Waals surface area contributed by atoms with E-state index in [1.807, 2.05) is 0 Å². The highest BCUT2D eigenvalue weighted by Gasteiger charge is 2.83. The van der Waals surface area contributed by atoms with Gasteiger partial charge in [-0.3, -0.25) is 0 Å². The molecule has 5 fully saturated rings. The molecule has 7 heteroatoms. The predicted molar refractivity (Wildman–Crippen MR) is 150 cm³/mol. The van der Waals surface area contributed by atoms with E-state index < -0.39 is 11.5 Å². The van der Waals surface area contributed by atoms with Gasteiger partial charge >= 0.3 is 0 Å². The fraction of sp³-hybridized carbons (Fsp3) is 0.939. The van der Waals surface area contributed by atoms with Crippen molar-refractivity contribution in [1.29, 1.82) is 0 Å². The van der Waals surface area contributed by atoms with Gasteiger partial charge in [0.2, 0.25) is 0 Å². The fourth-order valence-electron chi connectivity index (χ4n) is 12.2. The highest BCUT2D eigenvalue weighted by Crippen LogP contribution is 2.88. The average Bonchev–Trinajstić information content (AvgIpc) is 3.28. The second-order valence-electron chi connectivity index (χ2n) is 15.9. The minimum atomic E-state index is -1.76. The van der Waals surface area contributed by atoms with Crippen LogP contribution in [-0.4, -0.2) is 41.6 Å². The summed E-state index contributed by atoms with van der Waals surface area (Å²) in [4.78, 5) is 11.1. The van der Waals surface area contributed by atoms with Gasteiger partial charge in [-0.1, -0.05) is 25.9 Å². The van der Waals surface area contributed by atoms with Crippen LogP contribution in [-0.2, 0) is 14.2 Å². The molecule has 0 aromatic heterocycles. The second kappa shape index (κ2) is 8.98. The number of fused-ring (bicyclic) bond motifs is 3. The summed E-state index contributed by atoms with van der Waals surface area (Å²) < 4.78 is 34.5. The van der Waals surface area contributed by atoms with Crippen LogP contribution >= 0.6 is 0 Å². The minimum absolute atomic E-state index is 0.0205. The van der Waals surface area contributed by atoms with Crippen LogP contribution in [0.1, 0.15) is 112 Å². The lowest BCUT2D eigenvalue weighted by Crippen LogP contribution is -2.51. The second-order valence-corrected chi connectivity index (χ2v) is 15.9. The van der Waals surface area contributed by atoms with Gasteiger partial charge < -0.3 is 19.3 Å². The number of nitrogens with zero attached hydrogens (tertiary/aromatic N) is 1. The Balaban J connectivity index is 1.09. The Labute approximate surface area is 239 Å². The summed E-state index contributed by atoms with van der Waals surface area (Å²) in [6, 6.07) is -0.185. The van der Waals surface area contributed by atoms with E-state index in [0.717, 1.165) is 25.0 Å². The summed E-state index contributed by atoms with van der Waals surface area (Å²) in [5, 5.41) is 13.6. The molecule has 0 bridgehead atoms. The van der Waals surface area contributed by atoms with Crippen molar-refractivity contribution < 1.29 is 23.7 Å². The Kier molecular flexibility index (Phi) is 6.23. The SMILES string of the molecule is CC1C2CC[C@H]3C4CC5=C(CC[C@](F)(CC(C)(C)O)O5)[C@@]4(C)CC[C@]34[C@H](C)C24CC[C@@H]1OC1C[C@@H](N=O)CCO1. The number of allylic oxidation sites excluding steroid dienone is 2. The zero-order valence-corrected chi connectivity index (χ0v) is 25.2. The summed E-state index contributed by atoms with van der Waals surface area (Å²) in [5.74, 6) is 2.22. The van der Waals surface area contributed by atoms with Gasteiger partial charge in [-0.05, 0) is 117 Å². The van der Waals surface area contributed by atoms with Gasteiger partial charge in [-0.25, -0.2) is 0 Å². The molecule has 5 aliphatic carbocycles. The number of alkyl halides is 1. The maximum Gasteiger partial charge on any atom is 0.250 e. The molecule has 0 aromatic rings. The van der Waals surface area contributed by atoms with Crippen LogP contribution in [0.15, 0.2) is 16.5 Å². The van der Waals surface area contributed by atoms with Crippen molar-refractivity contribution in [2.24, 2.45) is 51.0 Å². The molecule has 12 atom stereocenters. The Bertz CT molecular complexity index is 1090. The number of hydrogen-bond acceptors (Lipinski definition) is 6. The monoisotopic (exact) mass is 559 g/mol. The van der Waals surface area contributed by atoms with Gasteiger partial charge in [-0.15, -0.1) is 0 Å². The summed E-state index contributed by atoms with van der Waals surface area (Å²) in [6.07, 6.45) is 10.4. The molecular formula is C33H50FNO5. The third-order valence-electron chi connectivity index (χ3n) is 13.7. The number of halogens is 1. The number of hydrogen-bond donors (Lipinski definition) is 1. The van der Waals surface area contributed by atoms with Crippen molar-refractivity contribution in [2.45, 2.75) is 142 Å². The zero-order valence-electron chi connectivity index (χ0n) is 25.2. The van der Waals surface area contributed by atoms with Crippen molar-refractivity contribution in [3.63, 3.8) is 0 Å².